The smallest absolute Gasteiger partial charge is 0.134 e. The van der Waals surface area contributed by atoms with Gasteiger partial charge in [0.05, 0.1) is 0 Å². The van der Waals surface area contributed by atoms with E-state index in [9.17, 15) is 4.39 Å². The van der Waals surface area contributed by atoms with E-state index in [4.69, 9.17) is 0 Å². The van der Waals surface area contributed by atoms with E-state index in [1.54, 1.807) is 12.1 Å². The van der Waals surface area contributed by atoms with Gasteiger partial charge in [0.15, 0.2) is 0 Å². The van der Waals surface area contributed by atoms with Gasteiger partial charge in [0.2, 0.25) is 0 Å². The zero-order valence-corrected chi connectivity index (χ0v) is 15.4. The standard InChI is InChI=1S/C24H26F2/c1-2-16-3-5-17(6-4-16)19-9-13-23-20(15-19)10-14-22(24(23)26)18-7-11-21(25)12-8-18/h7-8,10-12,14-17H,2-6,9,13H2,1H3. The van der Waals surface area contributed by atoms with Gasteiger partial charge in [-0.3, -0.25) is 0 Å². The molecule has 2 aliphatic carbocycles. The molecule has 0 amide bonds. The van der Waals surface area contributed by atoms with E-state index >= 15 is 4.39 Å². The summed E-state index contributed by atoms with van der Waals surface area (Å²) in [5.74, 6) is 1.15. The van der Waals surface area contributed by atoms with E-state index < -0.39 is 0 Å². The second-order valence-electron chi connectivity index (χ2n) is 7.85. The molecular formula is C24H26F2. The van der Waals surface area contributed by atoms with Crippen LogP contribution in [0.5, 0.6) is 0 Å². The summed E-state index contributed by atoms with van der Waals surface area (Å²) in [5, 5.41) is 0. The molecule has 136 valence electrons. The molecule has 2 heteroatoms. The van der Waals surface area contributed by atoms with E-state index in [2.05, 4.69) is 13.0 Å². The Balaban J connectivity index is 1.60. The van der Waals surface area contributed by atoms with Crippen molar-refractivity contribution >= 4 is 6.08 Å². The predicted octanol–water partition coefficient (Wildman–Crippen LogP) is 7.18. The van der Waals surface area contributed by atoms with Crippen molar-refractivity contribution in [2.75, 3.05) is 0 Å². The van der Waals surface area contributed by atoms with Crippen LogP contribution in [0.3, 0.4) is 0 Å². The van der Waals surface area contributed by atoms with E-state index in [-0.39, 0.29) is 11.6 Å². The molecule has 0 atom stereocenters. The average molecular weight is 352 g/mol. The molecule has 4 rings (SSSR count). The van der Waals surface area contributed by atoms with Gasteiger partial charge in [-0.05, 0) is 79.2 Å². The largest absolute Gasteiger partial charge is 0.207 e. The molecule has 2 aromatic rings. The van der Waals surface area contributed by atoms with Crippen LogP contribution in [0.2, 0.25) is 0 Å². The summed E-state index contributed by atoms with van der Waals surface area (Å²) in [7, 11) is 0. The maximum atomic E-state index is 15.1. The molecule has 2 aliphatic rings. The molecule has 2 aromatic carbocycles. The van der Waals surface area contributed by atoms with Crippen LogP contribution >= 0.6 is 0 Å². The molecule has 0 bridgehead atoms. The van der Waals surface area contributed by atoms with Gasteiger partial charge in [0.25, 0.3) is 0 Å². The molecule has 0 N–H and O–H groups in total. The van der Waals surface area contributed by atoms with E-state index in [1.807, 2.05) is 12.1 Å². The highest BCUT2D eigenvalue weighted by molar-refractivity contribution is 5.70. The first-order chi connectivity index (χ1) is 12.7. The number of halogens is 2. The van der Waals surface area contributed by atoms with Crippen LogP contribution < -0.4 is 0 Å². The van der Waals surface area contributed by atoms with Gasteiger partial charge in [-0.15, -0.1) is 0 Å². The summed E-state index contributed by atoms with van der Waals surface area (Å²) in [6, 6.07) is 9.95. The molecule has 0 aliphatic heterocycles. The third kappa shape index (κ3) is 3.34. The van der Waals surface area contributed by atoms with Crippen LogP contribution in [0.1, 0.15) is 56.6 Å². The van der Waals surface area contributed by atoms with Gasteiger partial charge >= 0.3 is 0 Å². The van der Waals surface area contributed by atoms with Crippen molar-refractivity contribution in [2.24, 2.45) is 11.8 Å². The Hall–Kier alpha value is -1.96. The minimum absolute atomic E-state index is 0.140. The van der Waals surface area contributed by atoms with Crippen molar-refractivity contribution in [3.05, 3.63) is 64.7 Å². The molecule has 0 saturated heterocycles. The highest BCUT2D eigenvalue weighted by Crippen LogP contribution is 2.40. The van der Waals surface area contributed by atoms with Crippen LogP contribution in [0.15, 0.2) is 42.0 Å². The van der Waals surface area contributed by atoms with Crippen molar-refractivity contribution in [3.63, 3.8) is 0 Å². The molecule has 0 spiro atoms. The van der Waals surface area contributed by atoms with Crippen LogP contribution in [0.25, 0.3) is 17.2 Å². The number of allylic oxidation sites excluding steroid dienone is 1. The number of rotatable bonds is 3. The van der Waals surface area contributed by atoms with Crippen LogP contribution in [0, 0.1) is 23.5 Å². The lowest BCUT2D eigenvalue weighted by molar-refractivity contribution is 0.292. The lowest BCUT2D eigenvalue weighted by Crippen LogP contribution is -2.17. The predicted molar refractivity (Wildman–Crippen MR) is 104 cm³/mol. The second kappa shape index (κ2) is 7.34. The van der Waals surface area contributed by atoms with Gasteiger partial charge in [0, 0.05) is 5.56 Å². The summed E-state index contributed by atoms with van der Waals surface area (Å²) in [6.45, 7) is 2.29. The quantitative estimate of drug-likeness (QED) is 0.549. The van der Waals surface area contributed by atoms with E-state index in [1.165, 1.54) is 49.8 Å². The number of benzene rings is 2. The van der Waals surface area contributed by atoms with Gasteiger partial charge in [0.1, 0.15) is 11.6 Å². The first kappa shape index (κ1) is 17.5. The highest BCUT2D eigenvalue weighted by Gasteiger charge is 2.26. The lowest BCUT2D eigenvalue weighted by Gasteiger charge is -2.31. The van der Waals surface area contributed by atoms with E-state index in [0.717, 1.165) is 35.4 Å². The molecule has 0 aromatic heterocycles. The topological polar surface area (TPSA) is 0 Å². The van der Waals surface area contributed by atoms with Crippen molar-refractivity contribution in [3.8, 4) is 11.1 Å². The Kier molecular flexibility index (Phi) is 4.93. The Morgan fingerprint density at radius 1 is 0.885 bits per heavy atom. The Morgan fingerprint density at radius 2 is 1.62 bits per heavy atom. The first-order valence-corrected chi connectivity index (χ1v) is 9.93. The second-order valence-corrected chi connectivity index (χ2v) is 7.85. The van der Waals surface area contributed by atoms with Gasteiger partial charge < -0.3 is 0 Å². The molecule has 0 unspecified atom stereocenters. The molecule has 26 heavy (non-hydrogen) atoms. The summed E-state index contributed by atoms with van der Waals surface area (Å²) in [4.78, 5) is 0. The Bertz CT molecular complexity index is 809. The summed E-state index contributed by atoms with van der Waals surface area (Å²) >= 11 is 0. The molecular weight excluding hydrogens is 326 g/mol. The minimum atomic E-state index is -0.294. The van der Waals surface area contributed by atoms with Gasteiger partial charge in [-0.25, -0.2) is 8.78 Å². The van der Waals surface area contributed by atoms with Gasteiger partial charge in [-0.2, -0.15) is 0 Å². The SMILES string of the molecule is CCC1CCC(C2=Cc3ccc(-c4ccc(F)cc4)c(F)c3CC2)CC1. The maximum Gasteiger partial charge on any atom is 0.134 e. The number of hydrogen-bond acceptors (Lipinski definition) is 0. The third-order valence-corrected chi connectivity index (χ3v) is 6.39. The fourth-order valence-electron chi connectivity index (χ4n) is 4.68. The first-order valence-electron chi connectivity index (χ1n) is 9.93. The van der Waals surface area contributed by atoms with Crippen LogP contribution in [0.4, 0.5) is 8.78 Å². The van der Waals surface area contributed by atoms with Gasteiger partial charge in [-0.1, -0.05) is 49.3 Å². The van der Waals surface area contributed by atoms with E-state index in [0.29, 0.717) is 11.5 Å². The highest BCUT2D eigenvalue weighted by atomic mass is 19.1. The van der Waals surface area contributed by atoms with Crippen LogP contribution in [-0.2, 0) is 6.42 Å². The van der Waals surface area contributed by atoms with Crippen molar-refractivity contribution in [1.82, 2.24) is 0 Å². The molecule has 0 nitrogen and oxygen atoms in total. The fraction of sp³-hybridized carbons (Fsp3) is 0.417. The van der Waals surface area contributed by atoms with Crippen molar-refractivity contribution in [2.45, 2.75) is 51.9 Å². The Labute approximate surface area is 154 Å². The lowest BCUT2D eigenvalue weighted by atomic mass is 9.74. The van der Waals surface area contributed by atoms with Crippen LogP contribution in [-0.4, -0.2) is 0 Å². The maximum absolute atomic E-state index is 15.1. The monoisotopic (exact) mass is 352 g/mol. The third-order valence-electron chi connectivity index (χ3n) is 6.39. The summed E-state index contributed by atoms with van der Waals surface area (Å²) in [6.07, 6.45) is 10.5. The normalized spacial score (nSPS) is 22.7. The zero-order chi connectivity index (χ0) is 18.1. The minimum Gasteiger partial charge on any atom is -0.207 e. The summed E-state index contributed by atoms with van der Waals surface area (Å²) < 4.78 is 28.2. The zero-order valence-electron chi connectivity index (χ0n) is 15.4. The fourth-order valence-corrected chi connectivity index (χ4v) is 4.68. The number of hydrogen-bond donors (Lipinski definition) is 0. The summed E-state index contributed by atoms with van der Waals surface area (Å²) in [5.41, 5.74) is 4.68. The average Bonchev–Trinajstić information content (AvgIpc) is 2.69. The van der Waals surface area contributed by atoms with Crippen molar-refractivity contribution in [1.29, 1.82) is 0 Å². The molecule has 0 radical (unpaired) electrons. The van der Waals surface area contributed by atoms with Crippen molar-refractivity contribution < 1.29 is 8.78 Å². The molecule has 1 saturated carbocycles. The molecule has 0 heterocycles. The Morgan fingerprint density at radius 3 is 2.31 bits per heavy atom. The molecule has 1 fully saturated rings. The number of fused-ring (bicyclic) bond motifs is 1.